The molecule has 0 saturated carbocycles. The van der Waals surface area contributed by atoms with Gasteiger partial charge in [0.2, 0.25) is 0 Å². The molecule has 0 unspecified atom stereocenters. The molecule has 2 rings (SSSR count). The highest BCUT2D eigenvalue weighted by Crippen LogP contribution is 2.32. The topological polar surface area (TPSA) is 123 Å². The van der Waals surface area contributed by atoms with E-state index in [1.807, 2.05) is 13.8 Å². The number of carbonyl (C=O) groups excluding carboxylic acids is 2. The smallest absolute Gasteiger partial charge is 0.327 e. The van der Waals surface area contributed by atoms with E-state index in [9.17, 15) is 23.5 Å². The number of hydrogen-bond donors (Lipinski definition) is 3. The molecule has 3 atom stereocenters. The average molecular weight is 592 g/mol. The zero-order chi connectivity index (χ0) is 29.7. The van der Waals surface area contributed by atoms with Gasteiger partial charge in [-0.1, -0.05) is 26.0 Å². The number of aliphatic hydroxyl groups excluding tert-OH is 1. The van der Waals surface area contributed by atoms with Crippen molar-refractivity contribution in [3.63, 3.8) is 0 Å². The molecule has 1 aliphatic heterocycles. The van der Waals surface area contributed by atoms with E-state index < -0.39 is 42.3 Å². The second-order valence-corrected chi connectivity index (χ2v) is 11.0. The molecule has 40 heavy (non-hydrogen) atoms. The van der Waals surface area contributed by atoms with Gasteiger partial charge in [0.1, 0.15) is 5.75 Å². The minimum absolute atomic E-state index is 0.0343. The van der Waals surface area contributed by atoms with E-state index in [1.165, 1.54) is 0 Å². The number of halogens is 3. The molecule has 9 nitrogen and oxygen atoms in total. The lowest BCUT2D eigenvalue weighted by atomic mass is 9.87. The van der Waals surface area contributed by atoms with Crippen LogP contribution >= 0.6 is 11.8 Å². The quantitative estimate of drug-likeness (QED) is 0.187. The number of carbonyl (C=O) groups is 2. The molecule has 228 valence electrons. The molecule has 2 amide bonds. The Morgan fingerprint density at radius 3 is 2.52 bits per heavy atom. The van der Waals surface area contributed by atoms with Crippen LogP contribution in [0.5, 0.6) is 5.75 Å². The Hall–Kier alpha value is -2.05. The number of unbranched alkanes of at least 4 members (excludes halogenated alkanes) is 1. The second-order valence-electron chi connectivity index (χ2n) is 10.6. The Labute approximate surface area is 240 Å². The van der Waals surface area contributed by atoms with Crippen molar-refractivity contribution < 1.29 is 37.7 Å². The number of ether oxygens (including phenoxy) is 3. The van der Waals surface area contributed by atoms with Gasteiger partial charge in [0.05, 0.1) is 18.3 Å². The fourth-order valence-electron chi connectivity index (χ4n) is 4.50. The third-order valence-corrected chi connectivity index (χ3v) is 7.55. The average Bonchev–Trinajstić information content (AvgIpc) is 2.95. The fraction of sp³-hybridized carbons (Fsp3) is 0.714. The minimum atomic E-state index is -3.56. The van der Waals surface area contributed by atoms with Crippen molar-refractivity contribution in [2.45, 2.75) is 64.0 Å². The normalized spacial score (nSPS) is 16.8. The molecule has 12 heteroatoms. The number of rotatable bonds is 17. The summed E-state index contributed by atoms with van der Waals surface area (Å²) in [5.41, 5.74) is 6.51. The highest BCUT2D eigenvalue weighted by Gasteiger charge is 2.47. The number of methoxy groups -OCH3 is 1. The van der Waals surface area contributed by atoms with Gasteiger partial charge in [-0.05, 0) is 56.1 Å². The predicted molar refractivity (Wildman–Crippen MR) is 148 cm³/mol. The van der Waals surface area contributed by atoms with Gasteiger partial charge in [0, 0.05) is 63.8 Å². The maximum absolute atomic E-state index is 14.5. The van der Waals surface area contributed by atoms with Gasteiger partial charge in [-0.25, -0.2) is 0 Å². The van der Waals surface area contributed by atoms with E-state index in [2.05, 4.69) is 5.32 Å². The van der Waals surface area contributed by atoms with Crippen molar-refractivity contribution in [1.29, 1.82) is 0 Å². The minimum Gasteiger partial charge on any atom is -0.493 e. The Kier molecular flexibility index (Phi) is 14.5. The largest absolute Gasteiger partial charge is 0.493 e. The molecule has 0 spiro atoms. The molecular weight excluding hydrogens is 548 g/mol. The molecule has 1 aromatic carbocycles. The zero-order valence-electron chi connectivity index (χ0n) is 23.6. The third kappa shape index (κ3) is 10.4. The van der Waals surface area contributed by atoms with E-state index in [0.29, 0.717) is 24.5 Å². The zero-order valence-corrected chi connectivity index (χ0v) is 24.4. The number of benzene rings is 1. The summed E-state index contributed by atoms with van der Waals surface area (Å²) in [5.74, 6) is -6.27. The number of para-hydroxylation sites is 1. The Morgan fingerprint density at radius 2 is 1.88 bits per heavy atom. The second kappa shape index (κ2) is 17.0. The lowest BCUT2D eigenvalue weighted by Gasteiger charge is -2.31. The molecule has 0 radical (unpaired) electrons. The number of hydrogen-bond acceptors (Lipinski definition) is 7. The molecule has 4 N–H and O–H groups in total. The monoisotopic (exact) mass is 591 g/mol. The summed E-state index contributed by atoms with van der Waals surface area (Å²) in [4.78, 5) is 25.4. The molecule has 1 heterocycles. The Bertz CT molecular complexity index is 920. The molecule has 0 bridgehead atoms. The van der Waals surface area contributed by atoms with Crippen LogP contribution in [0.3, 0.4) is 0 Å². The van der Waals surface area contributed by atoms with Crippen LogP contribution in [-0.4, -0.2) is 86.0 Å². The van der Waals surface area contributed by atoms with Crippen molar-refractivity contribution in [2.75, 3.05) is 46.6 Å². The van der Waals surface area contributed by atoms with Crippen molar-refractivity contribution in [1.82, 2.24) is 9.74 Å². The summed E-state index contributed by atoms with van der Waals surface area (Å²) in [7, 11) is 1.64. The van der Waals surface area contributed by atoms with Crippen LogP contribution in [0.1, 0.15) is 56.3 Å². The van der Waals surface area contributed by atoms with E-state index in [-0.39, 0.29) is 50.9 Å². The Balaban J connectivity index is 1.92. The molecular formula is C28H44ClF2N3O6. The van der Waals surface area contributed by atoms with Gasteiger partial charge in [0.15, 0.2) is 0 Å². The van der Waals surface area contributed by atoms with Crippen LogP contribution in [0, 0.1) is 17.8 Å². The molecule has 1 aliphatic rings. The highest BCUT2D eigenvalue weighted by molar-refractivity contribution is 6.24. The van der Waals surface area contributed by atoms with E-state index in [0.717, 1.165) is 17.3 Å². The van der Waals surface area contributed by atoms with Gasteiger partial charge < -0.3 is 30.4 Å². The number of alkyl halides is 2. The highest BCUT2D eigenvalue weighted by atomic mass is 35.5. The van der Waals surface area contributed by atoms with Gasteiger partial charge in [0.25, 0.3) is 11.8 Å². The molecule has 1 saturated heterocycles. The molecule has 0 aromatic heterocycles. The van der Waals surface area contributed by atoms with Crippen LogP contribution in [0.4, 0.5) is 8.78 Å². The number of nitrogens with two attached hydrogens (primary N) is 1. The van der Waals surface area contributed by atoms with Crippen molar-refractivity contribution in [3.8, 4) is 5.75 Å². The van der Waals surface area contributed by atoms with Gasteiger partial charge in [-0.15, -0.1) is 0 Å². The van der Waals surface area contributed by atoms with Gasteiger partial charge >= 0.3 is 5.92 Å². The first-order chi connectivity index (χ1) is 19.0. The van der Waals surface area contributed by atoms with E-state index in [4.69, 9.17) is 31.7 Å². The lowest BCUT2D eigenvalue weighted by Crippen LogP contribution is -2.51. The fourth-order valence-corrected chi connectivity index (χ4v) is 4.76. The van der Waals surface area contributed by atoms with E-state index >= 15 is 0 Å². The SMILES string of the molecule is COCCCCOc1ccccc1C(=O)N(Cl)C[C@@H](C[C@H](N)[C@@H](O)CNC(=O)C(F)(F)C1CCOCC1)C(C)C. The van der Waals surface area contributed by atoms with Crippen LogP contribution < -0.4 is 15.8 Å². The van der Waals surface area contributed by atoms with Crippen molar-refractivity contribution in [3.05, 3.63) is 29.8 Å². The predicted octanol–water partition coefficient (Wildman–Crippen LogP) is 3.62. The standard InChI is InChI=1S/C28H44ClF2N3O6/c1-19(2)20(16-23(32)24(35)17-33-27(37)28(30,31)21-10-14-39-15-11-21)18-34(29)26(36)22-8-4-5-9-25(22)40-13-7-6-12-38-3/h4-5,8-9,19-21,23-24,35H,6-7,10-18,32H2,1-3H3,(H,33,37)/t20-,23+,24+/m1/s1. The third-order valence-electron chi connectivity index (χ3n) is 7.25. The van der Waals surface area contributed by atoms with Crippen LogP contribution in [0.2, 0.25) is 0 Å². The summed E-state index contributed by atoms with van der Waals surface area (Å²) in [5, 5.41) is 12.7. The number of nitrogens with zero attached hydrogens (tertiary/aromatic N) is 1. The molecule has 1 aromatic rings. The summed E-state index contributed by atoms with van der Waals surface area (Å²) < 4.78 is 46.1. The Morgan fingerprint density at radius 1 is 1.23 bits per heavy atom. The van der Waals surface area contributed by atoms with Crippen molar-refractivity contribution in [2.24, 2.45) is 23.5 Å². The molecule has 0 aliphatic carbocycles. The number of aliphatic hydroxyl groups is 1. The summed E-state index contributed by atoms with van der Waals surface area (Å²) >= 11 is 6.43. The van der Waals surface area contributed by atoms with Crippen LogP contribution in [0.15, 0.2) is 24.3 Å². The summed E-state index contributed by atoms with van der Waals surface area (Å²) in [6, 6.07) is 6.01. The van der Waals surface area contributed by atoms with Crippen molar-refractivity contribution >= 4 is 23.6 Å². The lowest BCUT2D eigenvalue weighted by molar-refractivity contribution is -0.160. The van der Waals surface area contributed by atoms with E-state index in [1.54, 1.807) is 31.4 Å². The summed E-state index contributed by atoms with van der Waals surface area (Å²) in [6.45, 7) is 5.02. The number of amides is 2. The first kappa shape index (κ1) is 34.2. The first-order valence-electron chi connectivity index (χ1n) is 13.8. The van der Waals surface area contributed by atoms with Crippen LogP contribution in [-0.2, 0) is 14.3 Å². The number of nitrogens with one attached hydrogen (secondary N) is 1. The molecule has 1 fully saturated rings. The van der Waals surface area contributed by atoms with Crippen LogP contribution in [0.25, 0.3) is 0 Å². The maximum Gasteiger partial charge on any atom is 0.327 e. The maximum atomic E-state index is 14.5. The summed E-state index contributed by atoms with van der Waals surface area (Å²) in [6.07, 6.45) is 0.776. The van der Waals surface area contributed by atoms with Gasteiger partial charge in [-0.2, -0.15) is 8.78 Å². The van der Waals surface area contributed by atoms with Gasteiger partial charge in [-0.3, -0.25) is 14.0 Å². The first-order valence-corrected chi connectivity index (χ1v) is 14.2.